The summed E-state index contributed by atoms with van der Waals surface area (Å²) < 4.78 is 10.5. The molecule has 1 aromatic rings. The molecule has 0 spiro atoms. The maximum absolute atomic E-state index is 8.78. The first kappa shape index (κ1) is 19.8. The van der Waals surface area contributed by atoms with Crippen LogP contribution in [0, 0.1) is 26.8 Å². The molecule has 3 radical (unpaired) electrons. The van der Waals surface area contributed by atoms with E-state index in [0.717, 1.165) is 28.2 Å². The van der Waals surface area contributed by atoms with E-state index in [1.54, 1.807) is 14.2 Å². The van der Waals surface area contributed by atoms with Gasteiger partial charge in [-0.05, 0) is 0 Å². The fourth-order valence-corrected chi connectivity index (χ4v) is 1.45. The van der Waals surface area contributed by atoms with Gasteiger partial charge in [0.05, 0.1) is 14.2 Å². The van der Waals surface area contributed by atoms with Crippen LogP contribution >= 0.6 is 0 Å². The minimum Gasteiger partial charge on any atom is -0.554 e. The molecule has 0 atom stereocenters. The van der Waals surface area contributed by atoms with Crippen molar-refractivity contribution in [1.82, 2.24) is 0 Å². The third-order valence-corrected chi connectivity index (χ3v) is 2.29. The molecule has 0 bridgehead atoms. The standard InChI is InChI=1S/C11H15O2.CHBO2.Y/c1-7-6-10(12-4)8(2)9(3)11(7)13-5;2-1(3)4;/h1-5H3;(H,3,4);/q-1;;. The summed E-state index contributed by atoms with van der Waals surface area (Å²) in [5.41, 5.74) is 3.20. The van der Waals surface area contributed by atoms with Crippen molar-refractivity contribution in [3.8, 4) is 11.5 Å². The van der Waals surface area contributed by atoms with Gasteiger partial charge in [0.2, 0.25) is 13.7 Å². The Kier molecular flexibility index (Phi) is 10.3. The first-order chi connectivity index (χ1) is 7.84. The summed E-state index contributed by atoms with van der Waals surface area (Å²) in [6.07, 6.45) is 0. The Morgan fingerprint density at radius 3 is 1.94 bits per heavy atom. The van der Waals surface area contributed by atoms with Gasteiger partial charge in [0, 0.05) is 44.2 Å². The zero-order valence-corrected chi connectivity index (χ0v) is 14.2. The van der Waals surface area contributed by atoms with E-state index in [-0.39, 0.29) is 32.7 Å². The van der Waals surface area contributed by atoms with Crippen molar-refractivity contribution in [3.63, 3.8) is 0 Å². The largest absolute Gasteiger partial charge is 0.554 e. The summed E-state index contributed by atoms with van der Waals surface area (Å²) in [6, 6.07) is 3.14. The number of hydrogen-bond donors (Lipinski definition) is 1. The summed E-state index contributed by atoms with van der Waals surface area (Å²) in [6.45, 7) is 6.00. The fraction of sp³-hybridized carbons (Fsp3) is 0.417. The number of aryl methyl sites for hydroxylation is 1. The molecule has 0 saturated heterocycles. The van der Waals surface area contributed by atoms with Crippen molar-refractivity contribution in [2.24, 2.45) is 0 Å². The number of rotatable bonds is 2. The van der Waals surface area contributed by atoms with Gasteiger partial charge in [0.1, 0.15) is 0 Å². The first-order valence-corrected chi connectivity index (χ1v) is 4.94. The minimum absolute atomic E-state index is 0. The molecule has 1 rings (SSSR count). The molecule has 4 nitrogen and oxygen atoms in total. The molecular formula is C12H16BO4Y-. The van der Waals surface area contributed by atoms with Gasteiger partial charge in [-0.3, -0.25) is 4.79 Å². The van der Waals surface area contributed by atoms with Crippen LogP contribution in [-0.2, 0) is 32.7 Å². The Hall–Kier alpha value is -0.541. The van der Waals surface area contributed by atoms with E-state index in [0.29, 0.717) is 0 Å². The van der Waals surface area contributed by atoms with E-state index in [9.17, 15) is 0 Å². The summed E-state index contributed by atoms with van der Waals surface area (Å²) in [5.74, 6) is 0.370. The van der Waals surface area contributed by atoms with Crippen molar-refractivity contribution >= 4 is 13.7 Å². The van der Waals surface area contributed by atoms with Crippen LogP contribution in [0.5, 0.6) is 11.5 Å². The molecule has 95 valence electrons. The molecule has 18 heavy (non-hydrogen) atoms. The van der Waals surface area contributed by atoms with Gasteiger partial charge in [0.15, 0.2) is 0 Å². The molecule has 0 aromatic heterocycles. The predicted molar refractivity (Wildman–Crippen MR) is 66.4 cm³/mol. The minimum atomic E-state index is -1.33. The molecule has 0 amide bonds. The van der Waals surface area contributed by atoms with Crippen LogP contribution in [0.4, 0.5) is 4.79 Å². The van der Waals surface area contributed by atoms with Crippen molar-refractivity contribution in [2.75, 3.05) is 14.2 Å². The zero-order valence-electron chi connectivity index (χ0n) is 11.3. The summed E-state index contributed by atoms with van der Waals surface area (Å²) in [4.78, 5) is 8.78. The molecule has 0 unspecified atom stereocenters. The van der Waals surface area contributed by atoms with E-state index in [2.05, 4.69) is 13.9 Å². The SMILES string of the molecule is COc1[c-]c(C)c(OC)c(C)c1C.[B]C(=O)O.[Y]. The van der Waals surface area contributed by atoms with Crippen LogP contribution in [-0.4, -0.2) is 33.0 Å². The molecule has 0 aliphatic rings. The zero-order chi connectivity index (χ0) is 13.6. The molecule has 0 fully saturated rings. The summed E-state index contributed by atoms with van der Waals surface area (Å²) in [7, 11) is 7.36. The number of methoxy groups -OCH3 is 2. The quantitative estimate of drug-likeness (QED) is 0.670. The van der Waals surface area contributed by atoms with Gasteiger partial charge in [-0.2, -0.15) is 0 Å². The molecule has 0 heterocycles. The average Bonchev–Trinajstić information content (AvgIpc) is 2.23. The summed E-state index contributed by atoms with van der Waals surface area (Å²) >= 11 is 0. The van der Waals surface area contributed by atoms with Gasteiger partial charge in [0.25, 0.3) is 0 Å². The van der Waals surface area contributed by atoms with Crippen molar-refractivity contribution in [1.29, 1.82) is 0 Å². The molecule has 6 heteroatoms. The second-order valence-electron chi connectivity index (χ2n) is 3.40. The molecule has 0 aliphatic heterocycles. The van der Waals surface area contributed by atoms with Crippen molar-refractivity contribution in [2.45, 2.75) is 20.8 Å². The molecule has 1 aromatic carbocycles. The molecule has 1 N–H and O–H groups in total. The third-order valence-electron chi connectivity index (χ3n) is 2.29. The van der Waals surface area contributed by atoms with Gasteiger partial charge < -0.3 is 14.6 Å². The maximum Gasteiger partial charge on any atom is 0.233 e. The van der Waals surface area contributed by atoms with Crippen LogP contribution in [0.2, 0.25) is 0 Å². The Labute approximate surface area is 134 Å². The van der Waals surface area contributed by atoms with E-state index in [1.807, 2.05) is 20.8 Å². The second-order valence-corrected chi connectivity index (χ2v) is 3.40. The Morgan fingerprint density at radius 1 is 1.17 bits per heavy atom. The van der Waals surface area contributed by atoms with Gasteiger partial charge in [-0.1, -0.05) is 20.8 Å². The van der Waals surface area contributed by atoms with Crippen LogP contribution in [0.25, 0.3) is 0 Å². The van der Waals surface area contributed by atoms with Crippen LogP contribution in [0.3, 0.4) is 0 Å². The van der Waals surface area contributed by atoms with Gasteiger partial charge in [-0.25, -0.2) is 0 Å². The Bertz CT molecular complexity index is 404. The average molecular weight is 324 g/mol. The van der Waals surface area contributed by atoms with Crippen LogP contribution in [0.15, 0.2) is 0 Å². The second kappa shape index (κ2) is 9.40. The maximum atomic E-state index is 8.78. The number of carboxylic acid groups (broad SMARTS) is 1. The fourth-order valence-electron chi connectivity index (χ4n) is 1.45. The number of carbonyl (C=O) groups is 1. The van der Waals surface area contributed by atoms with E-state index < -0.39 is 5.87 Å². The summed E-state index contributed by atoms with van der Waals surface area (Å²) in [5, 5.41) is 7.19. The molecular weight excluding hydrogens is 308 g/mol. The number of ether oxygens (including phenoxy) is 2. The van der Waals surface area contributed by atoms with Crippen LogP contribution < -0.4 is 9.47 Å². The number of benzene rings is 1. The normalized spacial score (nSPS) is 8.50. The predicted octanol–water partition coefficient (Wildman–Crippen LogP) is 2.26. The number of hydrogen-bond acceptors (Lipinski definition) is 3. The van der Waals surface area contributed by atoms with Gasteiger partial charge in [-0.15, -0.1) is 22.8 Å². The van der Waals surface area contributed by atoms with E-state index in [4.69, 9.17) is 19.4 Å². The molecule has 0 aliphatic carbocycles. The van der Waals surface area contributed by atoms with Crippen molar-refractivity contribution in [3.05, 3.63) is 22.8 Å². The van der Waals surface area contributed by atoms with Gasteiger partial charge >= 0.3 is 0 Å². The topological polar surface area (TPSA) is 55.8 Å². The Morgan fingerprint density at radius 2 is 1.61 bits per heavy atom. The Balaban J connectivity index is 0. The smallest absolute Gasteiger partial charge is 0.233 e. The van der Waals surface area contributed by atoms with Crippen LogP contribution in [0.1, 0.15) is 16.7 Å². The molecule has 0 saturated carbocycles. The van der Waals surface area contributed by atoms with E-state index in [1.165, 1.54) is 0 Å². The van der Waals surface area contributed by atoms with Crippen molar-refractivity contribution < 1.29 is 52.1 Å². The monoisotopic (exact) mass is 324 g/mol. The third kappa shape index (κ3) is 5.87. The first-order valence-electron chi connectivity index (χ1n) is 4.94. The van der Waals surface area contributed by atoms with E-state index >= 15 is 0 Å².